The van der Waals surface area contributed by atoms with Crippen molar-refractivity contribution in [3.8, 4) is 0 Å². The first-order valence-corrected chi connectivity index (χ1v) is 9.55. The van der Waals surface area contributed by atoms with E-state index in [0.717, 1.165) is 30.9 Å². The molecule has 0 fully saturated rings. The van der Waals surface area contributed by atoms with E-state index in [0.29, 0.717) is 6.42 Å². The van der Waals surface area contributed by atoms with Crippen LogP contribution in [0.5, 0.6) is 0 Å². The van der Waals surface area contributed by atoms with Gasteiger partial charge in [-0.25, -0.2) is 0 Å². The summed E-state index contributed by atoms with van der Waals surface area (Å²) in [5.74, 6) is 2.03. The van der Waals surface area contributed by atoms with Gasteiger partial charge >= 0.3 is 0 Å². The van der Waals surface area contributed by atoms with Gasteiger partial charge in [-0.2, -0.15) is 11.8 Å². The van der Waals surface area contributed by atoms with E-state index in [1.165, 1.54) is 11.8 Å². The highest BCUT2D eigenvalue weighted by Crippen LogP contribution is 2.20. The Morgan fingerprint density at radius 1 is 1.39 bits per heavy atom. The third kappa shape index (κ3) is 8.29. The van der Waals surface area contributed by atoms with Crippen molar-refractivity contribution in [1.29, 1.82) is 0 Å². The predicted octanol–water partition coefficient (Wildman–Crippen LogP) is 1.37. The fraction of sp³-hybridized carbons (Fsp3) is 0.818. The molecule has 0 aliphatic carbocycles. The number of rotatable bonds is 11. The van der Waals surface area contributed by atoms with Crippen LogP contribution < -0.4 is 5.32 Å². The van der Waals surface area contributed by atoms with Crippen molar-refractivity contribution in [3.63, 3.8) is 0 Å². The first-order valence-electron chi connectivity index (χ1n) is 5.77. The van der Waals surface area contributed by atoms with Crippen LogP contribution >= 0.6 is 33.3 Å². The van der Waals surface area contributed by atoms with Crippen LogP contribution in [-0.2, 0) is 9.59 Å². The van der Waals surface area contributed by atoms with Crippen molar-refractivity contribution >= 4 is 45.5 Å². The Labute approximate surface area is 122 Å². The predicted molar refractivity (Wildman–Crippen MR) is 84.5 cm³/mol. The molecule has 0 heterocycles. The number of amides is 1. The number of hydrogen-bond acceptors (Lipinski definition) is 6. The first-order chi connectivity index (χ1) is 8.67. The van der Waals surface area contributed by atoms with Gasteiger partial charge in [-0.05, 0) is 13.3 Å². The van der Waals surface area contributed by atoms with Gasteiger partial charge in [-0.15, -0.1) is 0 Å². The maximum absolute atomic E-state index is 12.0. The summed E-state index contributed by atoms with van der Waals surface area (Å²) in [5.41, 5.74) is 0. The lowest BCUT2D eigenvalue weighted by Gasteiger charge is -2.21. The fourth-order valence-electron chi connectivity index (χ4n) is 1.18. The highest BCUT2D eigenvalue weighted by Gasteiger charge is 2.20. The lowest BCUT2D eigenvalue weighted by atomic mass is 10.3. The Kier molecular flexibility index (Phi) is 12.3. The van der Waals surface area contributed by atoms with Crippen molar-refractivity contribution in [2.75, 3.05) is 44.9 Å². The molecule has 0 rings (SSSR count). The van der Waals surface area contributed by atoms with Crippen LogP contribution in [0, 0.1) is 0 Å². The Morgan fingerprint density at radius 3 is 2.61 bits per heavy atom. The van der Waals surface area contributed by atoms with Crippen LogP contribution in [0.15, 0.2) is 0 Å². The topological polar surface area (TPSA) is 49.4 Å². The number of nitrogens with zero attached hydrogens (tertiary/aromatic N) is 1. The van der Waals surface area contributed by atoms with E-state index in [1.807, 2.05) is 24.1 Å². The highest BCUT2D eigenvalue weighted by molar-refractivity contribution is 8.76. The second-order valence-electron chi connectivity index (χ2n) is 3.63. The Morgan fingerprint density at radius 2 is 2.06 bits per heavy atom. The third-order valence-electron chi connectivity index (χ3n) is 2.28. The number of carbonyl (C=O) groups is 2. The van der Waals surface area contributed by atoms with Gasteiger partial charge in [-0.3, -0.25) is 4.79 Å². The number of aldehydes is 1. The quantitative estimate of drug-likeness (QED) is 0.353. The molecule has 4 nitrogen and oxygen atoms in total. The molecule has 1 N–H and O–H groups in total. The molecule has 1 unspecified atom stereocenters. The minimum Gasteiger partial charge on any atom is -0.344 e. The largest absolute Gasteiger partial charge is 0.344 e. The average molecular weight is 311 g/mol. The van der Waals surface area contributed by atoms with Crippen molar-refractivity contribution in [3.05, 3.63) is 0 Å². The standard InChI is InChI=1S/C11H22N2O2S3/c1-12-5-8-17-18-9-6-13(2)11(15)10(16-3)4-7-14/h7,10,12H,4-6,8-9H2,1-3H3. The maximum atomic E-state index is 12.0. The minimum absolute atomic E-state index is 0.0513. The molecule has 0 aromatic heterocycles. The summed E-state index contributed by atoms with van der Waals surface area (Å²) in [7, 11) is 7.33. The van der Waals surface area contributed by atoms with E-state index < -0.39 is 0 Å². The van der Waals surface area contributed by atoms with Crippen LogP contribution in [0.1, 0.15) is 6.42 Å². The maximum Gasteiger partial charge on any atom is 0.235 e. The SMILES string of the molecule is CNCCSSCCN(C)C(=O)C(CC=O)SC. The lowest BCUT2D eigenvalue weighted by molar-refractivity contribution is -0.130. The van der Waals surface area contributed by atoms with Gasteiger partial charge in [-0.1, -0.05) is 21.6 Å². The number of thioether (sulfide) groups is 1. The highest BCUT2D eigenvalue weighted by atomic mass is 33.1. The minimum atomic E-state index is -0.227. The zero-order chi connectivity index (χ0) is 13.8. The Hall–Kier alpha value is 0.150. The summed E-state index contributed by atoms with van der Waals surface area (Å²) >= 11 is 1.44. The first kappa shape index (κ1) is 18.1. The molecule has 18 heavy (non-hydrogen) atoms. The van der Waals surface area contributed by atoms with E-state index in [1.54, 1.807) is 22.7 Å². The molecule has 0 radical (unpaired) electrons. The van der Waals surface area contributed by atoms with Gasteiger partial charge in [0.1, 0.15) is 6.29 Å². The van der Waals surface area contributed by atoms with E-state index in [9.17, 15) is 9.59 Å². The fourth-order valence-corrected chi connectivity index (χ4v) is 3.88. The zero-order valence-electron chi connectivity index (χ0n) is 11.2. The molecule has 0 saturated carbocycles. The molecule has 106 valence electrons. The molecular weight excluding hydrogens is 288 g/mol. The number of hydrogen-bond donors (Lipinski definition) is 1. The molecule has 0 aliphatic rings. The summed E-state index contributed by atoms with van der Waals surface area (Å²) in [5, 5.41) is 2.86. The van der Waals surface area contributed by atoms with E-state index in [2.05, 4.69) is 5.32 Å². The molecule has 0 aromatic carbocycles. The summed E-state index contributed by atoms with van der Waals surface area (Å²) in [6, 6.07) is 0. The van der Waals surface area contributed by atoms with E-state index >= 15 is 0 Å². The van der Waals surface area contributed by atoms with Crippen molar-refractivity contribution in [2.24, 2.45) is 0 Å². The molecule has 0 aliphatic heterocycles. The van der Waals surface area contributed by atoms with Gasteiger partial charge in [0.05, 0.1) is 5.25 Å². The lowest BCUT2D eigenvalue weighted by Crippen LogP contribution is -2.36. The monoisotopic (exact) mass is 310 g/mol. The Balaban J connectivity index is 3.75. The molecule has 0 spiro atoms. The average Bonchev–Trinajstić information content (AvgIpc) is 2.39. The summed E-state index contributed by atoms with van der Waals surface area (Å²) in [6.07, 6.45) is 2.98. The van der Waals surface area contributed by atoms with Gasteiger partial charge in [0.25, 0.3) is 0 Å². The summed E-state index contributed by atoms with van der Waals surface area (Å²) < 4.78 is 0. The van der Waals surface area contributed by atoms with Gasteiger partial charge < -0.3 is 15.0 Å². The van der Waals surface area contributed by atoms with Crippen LogP contribution in [0.3, 0.4) is 0 Å². The number of nitrogens with one attached hydrogen (secondary N) is 1. The normalized spacial score (nSPS) is 12.2. The molecule has 0 aromatic rings. The van der Waals surface area contributed by atoms with Crippen molar-refractivity contribution < 1.29 is 9.59 Å². The molecular formula is C11H22N2O2S3. The Bertz CT molecular complexity index is 242. The molecule has 0 bridgehead atoms. The van der Waals surface area contributed by atoms with Crippen LogP contribution in [0.25, 0.3) is 0 Å². The van der Waals surface area contributed by atoms with Crippen LogP contribution in [0.2, 0.25) is 0 Å². The second-order valence-corrected chi connectivity index (χ2v) is 7.38. The molecule has 1 atom stereocenters. The van der Waals surface area contributed by atoms with Gasteiger partial charge in [0.15, 0.2) is 0 Å². The van der Waals surface area contributed by atoms with Crippen LogP contribution in [0.4, 0.5) is 0 Å². The van der Waals surface area contributed by atoms with Crippen molar-refractivity contribution in [2.45, 2.75) is 11.7 Å². The van der Waals surface area contributed by atoms with Crippen LogP contribution in [-0.4, -0.2) is 67.3 Å². The zero-order valence-corrected chi connectivity index (χ0v) is 13.6. The third-order valence-corrected chi connectivity index (χ3v) is 5.63. The summed E-state index contributed by atoms with van der Waals surface area (Å²) in [6.45, 7) is 1.73. The van der Waals surface area contributed by atoms with Gasteiger partial charge in [0.2, 0.25) is 5.91 Å². The molecule has 1 amide bonds. The second kappa shape index (κ2) is 12.2. The smallest absolute Gasteiger partial charge is 0.235 e. The van der Waals surface area contributed by atoms with Gasteiger partial charge in [0, 0.05) is 38.1 Å². The van der Waals surface area contributed by atoms with E-state index in [4.69, 9.17) is 0 Å². The molecule has 7 heteroatoms. The summed E-state index contributed by atoms with van der Waals surface area (Å²) in [4.78, 5) is 24.1. The van der Waals surface area contributed by atoms with E-state index in [-0.39, 0.29) is 11.2 Å². The van der Waals surface area contributed by atoms with Crippen molar-refractivity contribution in [1.82, 2.24) is 10.2 Å². The number of carbonyl (C=O) groups excluding carboxylic acids is 2. The molecule has 0 saturated heterocycles.